The molecule has 39 heavy (non-hydrogen) atoms. The molecule has 1 fully saturated rings. The Morgan fingerprint density at radius 2 is 1.77 bits per heavy atom. The zero-order valence-corrected chi connectivity index (χ0v) is 22.3. The molecule has 5 rings (SSSR count). The molecule has 1 aliphatic rings. The fourth-order valence-corrected chi connectivity index (χ4v) is 6.33. The third kappa shape index (κ3) is 5.29. The van der Waals surface area contributed by atoms with Crippen molar-refractivity contribution in [3.63, 3.8) is 0 Å². The van der Waals surface area contributed by atoms with Gasteiger partial charge in [0.05, 0.1) is 38.0 Å². The molecule has 1 aliphatic heterocycles. The molecule has 206 valence electrons. The van der Waals surface area contributed by atoms with E-state index >= 15 is 0 Å². The maximum absolute atomic E-state index is 13.8. The van der Waals surface area contributed by atoms with Crippen LogP contribution in [0.5, 0.6) is 11.5 Å². The van der Waals surface area contributed by atoms with E-state index in [1.165, 1.54) is 19.1 Å². The second-order valence-corrected chi connectivity index (χ2v) is 11.4. The lowest BCUT2D eigenvalue weighted by atomic mass is 10.1. The molecule has 0 radical (unpaired) electrons. The van der Waals surface area contributed by atoms with Crippen LogP contribution in [0.2, 0.25) is 0 Å². The Labute approximate surface area is 224 Å². The summed E-state index contributed by atoms with van der Waals surface area (Å²) in [6.07, 6.45) is 1.04. The summed E-state index contributed by atoms with van der Waals surface area (Å²) in [5, 5.41) is 18.0. The van der Waals surface area contributed by atoms with Gasteiger partial charge in [-0.25, -0.2) is 22.8 Å². The largest absolute Gasteiger partial charge is 0.494 e. The van der Waals surface area contributed by atoms with Crippen LogP contribution in [0.15, 0.2) is 47.1 Å². The van der Waals surface area contributed by atoms with Crippen molar-refractivity contribution in [2.24, 2.45) is 0 Å². The van der Waals surface area contributed by atoms with Gasteiger partial charge in [-0.15, -0.1) is 10.2 Å². The van der Waals surface area contributed by atoms with Gasteiger partial charge in [0.15, 0.2) is 27.2 Å². The van der Waals surface area contributed by atoms with Crippen LogP contribution in [0.4, 0.5) is 10.3 Å². The summed E-state index contributed by atoms with van der Waals surface area (Å²) in [4.78, 5) is 9.40. The van der Waals surface area contributed by atoms with Crippen LogP contribution in [0.1, 0.15) is 18.0 Å². The molecular weight excluding hydrogens is 531 g/mol. The van der Waals surface area contributed by atoms with E-state index in [9.17, 15) is 17.9 Å². The number of aliphatic hydroxyl groups is 1. The quantitative estimate of drug-likeness (QED) is 0.340. The summed E-state index contributed by atoms with van der Waals surface area (Å²) in [7, 11) is -0.936. The van der Waals surface area contributed by atoms with Gasteiger partial charge < -0.3 is 23.9 Å². The number of hydrogen-bond acceptors (Lipinski definition) is 11. The number of aliphatic hydroxyl groups excluding tert-OH is 1. The lowest BCUT2D eigenvalue weighted by Gasteiger charge is -2.35. The molecule has 0 bridgehead atoms. The van der Waals surface area contributed by atoms with Crippen molar-refractivity contribution in [1.29, 1.82) is 0 Å². The van der Waals surface area contributed by atoms with E-state index in [0.29, 0.717) is 28.7 Å². The molecule has 0 saturated carbocycles. The summed E-state index contributed by atoms with van der Waals surface area (Å²) in [5.41, 5.74) is 0.409. The number of nitrogens with zero attached hydrogens (tertiary/aromatic N) is 6. The molecule has 0 spiro atoms. The Bertz CT molecular complexity index is 1550. The third-order valence-electron chi connectivity index (χ3n) is 6.43. The summed E-state index contributed by atoms with van der Waals surface area (Å²) < 4.78 is 59.4. The first-order valence-corrected chi connectivity index (χ1v) is 13.8. The molecule has 3 aromatic heterocycles. The second kappa shape index (κ2) is 10.6. The second-order valence-electron chi connectivity index (χ2n) is 9.12. The van der Waals surface area contributed by atoms with Crippen molar-refractivity contribution >= 4 is 15.8 Å². The molecule has 14 heteroatoms. The monoisotopic (exact) mass is 558 g/mol. The van der Waals surface area contributed by atoms with Crippen molar-refractivity contribution in [1.82, 2.24) is 24.7 Å². The fraction of sp³-hybridized carbons (Fsp3) is 0.360. The van der Waals surface area contributed by atoms with Crippen molar-refractivity contribution in [3.05, 3.63) is 60.1 Å². The number of rotatable bonds is 8. The summed E-state index contributed by atoms with van der Waals surface area (Å²) >= 11 is 0. The van der Waals surface area contributed by atoms with Gasteiger partial charge in [-0.3, -0.25) is 4.57 Å². The maximum atomic E-state index is 13.8. The van der Waals surface area contributed by atoms with Crippen LogP contribution in [0.25, 0.3) is 17.3 Å². The Kier molecular flexibility index (Phi) is 7.23. The molecule has 0 aliphatic carbocycles. The van der Waals surface area contributed by atoms with Crippen molar-refractivity contribution < 1.29 is 31.8 Å². The third-order valence-corrected chi connectivity index (χ3v) is 8.45. The number of para-hydroxylation sites is 1. The van der Waals surface area contributed by atoms with Crippen molar-refractivity contribution in [3.8, 4) is 28.8 Å². The number of benzene rings is 1. The van der Waals surface area contributed by atoms with E-state index in [1.54, 1.807) is 41.8 Å². The van der Waals surface area contributed by atoms with Gasteiger partial charge in [-0.1, -0.05) is 6.07 Å². The molecule has 0 unspecified atom stereocenters. The SMILES string of the molecule is COc1cccc(OC)c1-n1c(CS(=O)(=O)[C@H]2C[C@@H](O)CN(c3ncc(F)cn3)C2)nnc1-c1ccc(C)o1. The number of furan rings is 1. The predicted octanol–water partition coefficient (Wildman–Crippen LogP) is 2.34. The van der Waals surface area contributed by atoms with Gasteiger partial charge in [-0.05, 0) is 37.6 Å². The molecule has 4 heterocycles. The van der Waals surface area contributed by atoms with Crippen molar-refractivity contribution in [2.45, 2.75) is 30.5 Å². The highest BCUT2D eigenvalue weighted by Crippen LogP contribution is 2.37. The molecule has 1 saturated heterocycles. The van der Waals surface area contributed by atoms with E-state index in [2.05, 4.69) is 20.2 Å². The van der Waals surface area contributed by atoms with E-state index in [4.69, 9.17) is 13.9 Å². The number of methoxy groups -OCH3 is 2. The highest BCUT2D eigenvalue weighted by Gasteiger charge is 2.37. The first kappa shape index (κ1) is 26.6. The lowest BCUT2D eigenvalue weighted by Crippen LogP contribution is -2.49. The first-order chi connectivity index (χ1) is 18.7. The fourth-order valence-electron chi connectivity index (χ4n) is 4.63. The summed E-state index contributed by atoms with van der Waals surface area (Å²) in [6.45, 7) is 1.92. The zero-order valence-electron chi connectivity index (χ0n) is 21.5. The smallest absolute Gasteiger partial charge is 0.225 e. The van der Waals surface area contributed by atoms with Gasteiger partial charge in [0, 0.05) is 13.1 Å². The molecule has 4 aromatic rings. The Hall–Kier alpha value is -4.04. The van der Waals surface area contributed by atoms with Gasteiger partial charge in [0.2, 0.25) is 11.8 Å². The topological polar surface area (TPSA) is 146 Å². The molecule has 12 nitrogen and oxygen atoms in total. The van der Waals surface area contributed by atoms with E-state index in [-0.39, 0.29) is 37.1 Å². The van der Waals surface area contributed by atoms with Crippen LogP contribution in [0.3, 0.4) is 0 Å². The number of ether oxygens (including phenoxy) is 2. The number of piperidine rings is 1. The van der Waals surface area contributed by atoms with E-state index < -0.39 is 32.8 Å². The highest BCUT2D eigenvalue weighted by molar-refractivity contribution is 7.91. The van der Waals surface area contributed by atoms with Crippen LogP contribution >= 0.6 is 0 Å². The summed E-state index contributed by atoms with van der Waals surface area (Å²) in [5.74, 6) is 1.21. The first-order valence-electron chi connectivity index (χ1n) is 12.0. The maximum Gasteiger partial charge on any atom is 0.225 e. The van der Waals surface area contributed by atoms with Gasteiger partial charge in [0.25, 0.3) is 0 Å². The predicted molar refractivity (Wildman–Crippen MR) is 138 cm³/mol. The number of sulfone groups is 1. The molecule has 2 atom stereocenters. The standard InChI is InChI=1S/C25H27FN6O6S/c1-15-7-8-21(38-15)24-30-29-22(32(24)23-19(36-2)5-4-6-20(23)37-3)14-39(34,35)18-9-17(33)12-31(13-18)25-27-10-16(26)11-28-25/h4-8,10-11,17-18,33H,9,12-14H2,1-3H3/t17-,18+/m1/s1. The van der Waals surface area contributed by atoms with E-state index in [0.717, 1.165) is 12.4 Å². The number of aryl methyl sites for hydroxylation is 1. The molecule has 0 amide bonds. The van der Waals surface area contributed by atoms with Gasteiger partial charge in [0.1, 0.15) is 28.7 Å². The number of anilines is 1. The average Bonchev–Trinajstić information content (AvgIpc) is 3.53. The van der Waals surface area contributed by atoms with Crippen LogP contribution in [-0.4, -0.2) is 76.9 Å². The number of halogens is 1. The van der Waals surface area contributed by atoms with E-state index in [1.807, 2.05) is 0 Å². The Morgan fingerprint density at radius 3 is 2.38 bits per heavy atom. The highest BCUT2D eigenvalue weighted by atomic mass is 32.2. The number of hydrogen-bond donors (Lipinski definition) is 1. The van der Waals surface area contributed by atoms with Crippen molar-refractivity contribution in [2.75, 3.05) is 32.2 Å². The number of aromatic nitrogens is 5. The molecule has 1 aromatic carbocycles. The zero-order chi connectivity index (χ0) is 27.7. The van der Waals surface area contributed by atoms with Gasteiger partial charge >= 0.3 is 0 Å². The normalized spacial score (nSPS) is 17.8. The number of β-amino-alcohol motifs (C(OH)–C–C–N with tert-alkyl or cyclic N) is 1. The average molecular weight is 559 g/mol. The minimum atomic E-state index is -3.92. The molecule has 1 N–H and O–H groups in total. The lowest BCUT2D eigenvalue weighted by molar-refractivity contribution is 0.154. The Balaban J connectivity index is 1.55. The van der Waals surface area contributed by atoms with Crippen LogP contribution in [-0.2, 0) is 15.6 Å². The van der Waals surface area contributed by atoms with Crippen LogP contribution in [0, 0.1) is 12.7 Å². The molecular formula is C25H27FN6O6S. The summed E-state index contributed by atoms with van der Waals surface area (Å²) in [6, 6.07) is 8.65. The van der Waals surface area contributed by atoms with Gasteiger partial charge in [-0.2, -0.15) is 0 Å². The van der Waals surface area contributed by atoms with Crippen LogP contribution < -0.4 is 14.4 Å². The minimum absolute atomic E-state index is 0.0103. The minimum Gasteiger partial charge on any atom is -0.494 e. The Morgan fingerprint density at radius 1 is 1.08 bits per heavy atom.